The summed E-state index contributed by atoms with van der Waals surface area (Å²) in [5.74, 6) is -0.231. The van der Waals surface area contributed by atoms with Crippen LogP contribution >= 0.6 is 0 Å². The molecule has 1 aromatic rings. The third-order valence-electron chi connectivity index (χ3n) is 3.32. The first-order valence-electron chi connectivity index (χ1n) is 5.66. The van der Waals surface area contributed by atoms with E-state index in [2.05, 4.69) is 10.3 Å². The highest BCUT2D eigenvalue weighted by Gasteiger charge is 2.50. The van der Waals surface area contributed by atoms with Gasteiger partial charge in [0, 0.05) is 31.0 Å². The van der Waals surface area contributed by atoms with E-state index >= 15 is 0 Å². The number of carbonyl (C=O) groups is 2. The minimum Gasteiger partial charge on any atom is -0.324 e. The molecule has 3 rings (SSSR count). The summed E-state index contributed by atoms with van der Waals surface area (Å²) in [5, 5.41) is 12.8. The molecular weight excluding hydrogens is 236 g/mol. The fourth-order valence-corrected chi connectivity index (χ4v) is 2.40. The number of nitrogens with zero attached hydrogens (tertiary/aromatic N) is 3. The van der Waals surface area contributed by atoms with Crippen molar-refractivity contribution >= 4 is 17.6 Å². The summed E-state index contributed by atoms with van der Waals surface area (Å²) < 4.78 is 0. The predicted octanol–water partition coefficient (Wildman–Crippen LogP) is 0.288. The van der Waals surface area contributed by atoms with Gasteiger partial charge in [-0.05, 0) is 12.1 Å². The number of aromatic nitrogens is 1. The smallest absolute Gasteiger partial charge is 0.324 e. The van der Waals surface area contributed by atoms with Gasteiger partial charge in [-0.3, -0.25) is 15.0 Å². The van der Waals surface area contributed by atoms with Crippen molar-refractivity contribution < 1.29 is 14.8 Å². The highest BCUT2D eigenvalue weighted by Crippen LogP contribution is 2.30. The second-order valence-electron chi connectivity index (χ2n) is 4.41. The van der Waals surface area contributed by atoms with E-state index in [1.807, 2.05) is 0 Å². The molecule has 0 spiro atoms. The Balaban J connectivity index is 1.70. The van der Waals surface area contributed by atoms with E-state index in [-0.39, 0.29) is 11.9 Å². The Bertz CT molecular complexity index is 492. The van der Waals surface area contributed by atoms with Crippen LogP contribution in [0.15, 0.2) is 24.5 Å². The van der Waals surface area contributed by atoms with Crippen molar-refractivity contribution in [3.8, 4) is 0 Å². The van der Waals surface area contributed by atoms with Gasteiger partial charge in [0.05, 0.1) is 6.04 Å². The monoisotopic (exact) mass is 248 g/mol. The number of fused-ring (bicyclic) bond motifs is 2. The van der Waals surface area contributed by atoms with E-state index in [4.69, 9.17) is 0 Å². The Morgan fingerprint density at radius 2 is 2.17 bits per heavy atom. The van der Waals surface area contributed by atoms with Gasteiger partial charge in [0.25, 0.3) is 0 Å². The van der Waals surface area contributed by atoms with Gasteiger partial charge in [0.2, 0.25) is 5.91 Å². The molecule has 1 aromatic heterocycles. The van der Waals surface area contributed by atoms with Crippen LogP contribution in [0.1, 0.15) is 6.42 Å². The molecule has 3 amide bonds. The van der Waals surface area contributed by atoms with Gasteiger partial charge in [-0.2, -0.15) is 0 Å². The number of hydroxylamine groups is 2. The van der Waals surface area contributed by atoms with Crippen LogP contribution in [0.2, 0.25) is 0 Å². The highest BCUT2D eigenvalue weighted by molar-refractivity contribution is 5.98. The Morgan fingerprint density at radius 3 is 2.78 bits per heavy atom. The lowest BCUT2D eigenvalue weighted by Crippen LogP contribution is -2.48. The molecule has 2 aliphatic heterocycles. The number of urea groups is 1. The number of anilines is 1. The third-order valence-corrected chi connectivity index (χ3v) is 3.32. The molecule has 0 unspecified atom stereocenters. The maximum atomic E-state index is 12.0. The lowest BCUT2D eigenvalue weighted by molar-refractivity contribution is -0.122. The number of nitrogens with one attached hydrogen (secondary N) is 1. The predicted molar refractivity (Wildman–Crippen MR) is 60.8 cm³/mol. The maximum absolute atomic E-state index is 12.0. The Kier molecular flexibility index (Phi) is 2.41. The summed E-state index contributed by atoms with van der Waals surface area (Å²) in [7, 11) is 0. The minimum absolute atomic E-state index is 0.231. The molecule has 2 atom stereocenters. The van der Waals surface area contributed by atoms with E-state index < -0.39 is 12.1 Å². The largest absolute Gasteiger partial charge is 0.344 e. The van der Waals surface area contributed by atoms with Gasteiger partial charge in [0.1, 0.15) is 6.04 Å². The Hall–Kier alpha value is -2.15. The van der Waals surface area contributed by atoms with Crippen molar-refractivity contribution in [3.05, 3.63) is 24.5 Å². The molecule has 0 aromatic carbocycles. The summed E-state index contributed by atoms with van der Waals surface area (Å²) in [4.78, 5) is 28.8. The number of rotatable bonds is 2. The summed E-state index contributed by atoms with van der Waals surface area (Å²) in [5.41, 5.74) is 0.646. The molecule has 2 N–H and O–H groups in total. The van der Waals surface area contributed by atoms with Crippen molar-refractivity contribution in [1.82, 2.24) is 14.9 Å². The quantitative estimate of drug-likeness (QED) is 0.736. The first-order valence-corrected chi connectivity index (χ1v) is 5.66. The van der Waals surface area contributed by atoms with Crippen LogP contribution in [0.4, 0.5) is 10.5 Å². The van der Waals surface area contributed by atoms with Crippen molar-refractivity contribution in [2.75, 3.05) is 11.9 Å². The number of pyridine rings is 1. The average molecular weight is 248 g/mol. The molecule has 2 saturated heterocycles. The van der Waals surface area contributed by atoms with E-state index in [1.54, 1.807) is 24.5 Å². The SMILES string of the molecule is O=C(Nc1ccncc1)[C@@H]1C[C@H]2CN1C(=O)N2O. The molecule has 2 aliphatic rings. The van der Waals surface area contributed by atoms with Gasteiger partial charge in [0.15, 0.2) is 0 Å². The van der Waals surface area contributed by atoms with Crippen molar-refractivity contribution in [2.24, 2.45) is 0 Å². The van der Waals surface area contributed by atoms with E-state index in [9.17, 15) is 14.8 Å². The van der Waals surface area contributed by atoms with Crippen molar-refractivity contribution in [1.29, 1.82) is 0 Å². The first kappa shape index (κ1) is 11.0. The molecule has 3 heterocycles. The fourth-order valence-electron chi connectivity index (χ4n) is 2.40. The Morgan fingerprint density at radius 1 is 1.44 bits per heavy atom. The van der Waals surface area contributed by atoms with E-state index in [0.717, 1.165) is 0 Å². The molecule has 0 saturated carbocycles. The molecule has 2 fully saturated rings. The van der Waals surface area contributed by atoms with Crippen LogP contribution in [0.25, 0.3) is 0 Å². The molecular formula is C11H12N4O3. The van der Waals surface area contributed by atoms with Gasteiger partial charge in [-0.1, -0.05) is 0 Å². The second-order valence-corrected chi connectivity index (χ2v) is 4.41. The normalized spacial score (nSPS) is 25.7. The zero-order valence-electron chi connectivity index (χ0n) is 9.48. The number of carbonyl (C=O) groups excluding carboxylic acids is 2. The standard InChI is InChI=1S/C11H12N4O3/c16-10(13-7-1-3-12-4-2-7)9-5-8-6-14(9)11(17)15(8)18/h1-4,8-9,18H,5-6H2,(H,12,13,16)/t8-,9-/m0/s1. The Labute approximate surface area is 103 Å². The number of amides is 3. The number of hydrogen-bond acceptors (Lipinski definition) is 4. The summed E-state index contributed by atoms with van der Waals surface area (Å²) in [6.45, 7) is 0.407. The summed E-state index contributed by atoms with van der Waals surface area (Å²) in [6, 6.07) is 2.09. The lowest BCUT2D eigenvalue weighted by atomic mass is 10.1. The topological polar surface area (TPSA) is 85.8 Å². The molecule has 94 valence electrons. The lowest BCUT2D eigenvalue weighted by Gasteiger charge is -2.27. The zero-order chi connectivity index (χ0) is 12.7. The van der Waals surface area contributed by atoms with Crippen LogP contribution in [-0.2, 0) is 4.79 Å². The molecule has 0 radical (unpaired) electrons. The van der Waals surface area contributed by atoms with Crippen LogP contribution in [0.3, 0.4) is 0 Å². The first-order chi connectivity index (χ1) is 8.66. The molecule has 0 aliphatic carbocycles. The molecule has 18 heavy (non-hydrogen) atoms. The van der Waals surface area contributed by atoms with Gasteiger partial charge in [-0.25, -0.2) is 9.86 Å². The summed E-state index contributed by atoms with van der Waals surface area (Å²) >= 11 is 0. The molecule has 7 heteroatoms. The van der Waals surface area contributed by atoms with E-state index in [1.165, 1.54) is 4.90 Å². The van der Waals surface area contributed by atoms with E-state index in [0.29, 0.717) is 23.7 Å². The minimum atomic E-state index is -0.501. The van der Waals surface area contributed by atoms with Crippen LogP contribution < -0.4 is 5.32 Å². The number of hydrogen-bond donors (Lipinski definition) is 2. The van der Waals surface area contributed by atoms with Crippen LogP contribution in [0.5, 0.6) is 0 Å². The van der Waals surface area contributed by atoms with Crippen molar-refractivity contribution in [2.45, 2.75) is 18.5 Å². The fraction of sp³-hybridized carbons (Fsp3) is 0.364. The molecule has 7 nitrogen and oxygen atoms in total. The maximum Gasteiger partial charge on any atom is 0.344 e. The second kappa shape index (κ2) is 3.95. The average Bonchev–Trinajstić information content (AvgIpc) is 2.92. The van der Waals surface area contributed by atoms with Gasteiger partial charge >= 0.3 is 6.03 Å². The van der Waals surface area contributed by atoms with Gasteiger partial charge < -0.3 is 10.2 Å². The van der Waals surface area contributed by atoms with Gasteiger partial charge in [-0.15, -0.1) is 0 Å². The zero-order valence-corrected chi connectivity index (χ0v) is 9.48. The molecule has 2 bridgehead atoms. The van der Waals surface area contributed by atoms with Crippen molar-refractivity contribution in [3.63, 3.8) is 0 Å². The van der Waals surface area contributed by atoms with Crippen LogP contribution in [0, 0.1) is 0 Å². The summed E-state index contributed by atoms with van der Waals surface area (Å²) in [6.07, 6.45) is 3.62. The highest BCUT2D eigenvalue weighted by atomic mass is 16.5. The van der Waals surface area contributed by atoms with Crippen LogP contribution in [-0.4, -0.2) is 50.7 Å². The third kappa shape index (κ3) is 1.60.